The van der Waals surface area contributed by atoms with Crippen LogP contribution in [0.15, 0.2) is 30.3 Å². The van der Waals surface area contributed by atoms with Crippen LogP contribution in [0.4, 0.5) is 0 Å². The lowest BCUT2D eigenvalue weighted by atomic mass is 9.66. The average molecular weight is 557 g/mol. The summed E-state index contributed by atoms with van der Waals surface area (Å²) < 4.78 is 17.3. The summed E-state index contributed by atoms with van der Waals surface area (Å²) >= 11 is 0. The van der Waals surface area contributed by atoms with Crippen LogP contribution >= 0.6 is 0 Å². The van der Waals surface area contributed by atoms with Crippen LogP contribution < -0.4 is 0 Å². The van der Waals surface area contributed by atoms with Crippen molar-refractivity contribution < 1.29 is 38.5 Å². The number of hydrogen-bond donors (Lipinski definition) is 1. The summed E-state index contributed by atoms with van der Waals surface area (Å²) in [5.74, 6) is -2.61. The third kappa shape index (κ3) is 5.11. The van der Waals surface area contributed by atoms with Crippen LogP contribution in [0.5, 0.6) is 0 Å². The van der Waals surface area contributed by atoms with E-state index in [0.717, 1.165) is 0 Å². The number of carbonyl (C=O) groups is 4. The van der Waals surface area contributed by atoms with Gasteiger partial charge in [0.2, 0.25) is 0 Å². The lowest BCUT2D eigenvalue weighted by Crippen LogP contribution is -2.54. The van der Waals surface area contributed by atoms with Gasteiger partial charge in [0.1, 0.15) is 18.3 Å². The first-order valence-electron chi connectivity index (χ1n) is 14.3. The first-order chi connectivity index (χ1) is 19.0. The molecule has 10 heteroatoms. The number of rotatable bonds is 5. The van der Waals surface area contributed by atoms with E-state index in [9.17, 15) is 24.3 Å². The highest BCUT2D eigenvalue weighted by atomic mass is 16.6. The number of aliphatic hydroxyl groups is 1. The number of piperazine rings is 1. The van der Waals surface area contributed by atoms with Crippen LogP contribution in [0, 0.1) is 29.1 Å². The molecule has 6 unspecified atom stereocenters. The van der Waals surface area contributed by atoms with Crippen molar-refractivity contribution >= 4 is 23.8 Å². The van der Waals surface area contributed by atoms with Crippen LogP contribution in [0.1, 0.15) is 50.9 Å². The maximum Gasteiger partial charge on any atom is 0.311 e. The van der Waals surface area contributed by atoms with E-state index in [1.54, 1.807) is 0 Å². The molecule has 0 spiro atoms. The molecule has 1 aromatic rings. The van der Waals surface area contributed by atoms with E-state index in [1.807, 2.05) is 49.1 Å². The predicted molar refractivity (Wildman–Crippen MR) is 143 cm³/mol. The van der Waals surface area contributed by atoms with Crippen molar-refractivity contribution in [2.75, 3.05) is 32.7 Å². The molecule has 0 bridgehead atoms. The van der Waals surface area contributed by atoms with Gasteiger partial charge in [-0.15, -0.1) is 0 Å². The summed E-state index contributed by atoms with van der Waals surface area (Å²) in [6, 6.07) is 9.19. The van der Waals surface area contributed by atoms with Crippen LogP contribution in [-0.4, -0.2) is 95.9 Å². The van der Waals surface area contributed by atoms with Crippen LogP contribution in [0.2, 0.25) is 0 Å². The molecular weight excluding hydrogens is 516 g/mol. The Morgan fingerprint density at radius 3 is 2.30 bits per heavy atom. The predicted octanol–water partition coefficient (Wildman–Crippen LogP) is 1.89. The maximum absolute atomic E-state index is 13.2. The van der Waals surface area contributed by atoms with Gasteiger partial charge in [-0.05, 0) is 24.5 Å². The second kappa shape index (κ2) is 11.1. The molecule has 40 heavy (non-hydrogen) atoms. The Morgan fingerprint density at radius 2 is 1.68 bits per heavy atom. The molecule has 0 aromatic heterocycles. The fourth-order valence-electron chi connectivity index (χ4n) is 7.96. The quantitative estimate of drug-likeness (QED) is 0.428. The van der Waals surface area contributed by atoms with Crippen molar-refractivity contribution in [3.05, 3.63) is 35.9 Å². The van der Waals surface area contributed by atoms with Crippen molar-refractivity contribution in [2.45, 2.75) is 65.0 Å². The highest BCUT2D eigenvalue weighted by molar-refractivity contribution is 5.94. The molecule has 1 N–H and O–H groups in total. The number of amides is 1. The van der Waals surface area contributed by atoms with E-state index < -0.39 is 53.6 Å². The largest absolute Gasteiger partial charge is 0.462 e. The monoisotopic (exact) mass is 556 g/mol. The molecule has 1 amide bonds. The Morgan fingerprint density at radius 1 is 1.02 bits per heavy atom. The molecule has 4 fully saturated rings. The number of fused-ring (bicyclic) bond motifs is 2. The van der Waals surface area contributed by atoms with Gasteiger partial charge in [0.15, 0.2) is 0 Å². The standard InChI is InChI=1S/C30H40N2O8/c1-17-14-22-25(27(35)30(4)24(39-19(3)34)15-23(26(17)30)38-18(2)33)21(29(37)40-22)16-31-10-12-32(13-11-31)28(36)20-8-6-5-7-9-20/h5-9,17,21-27,35H,10-16H2,1-4H3/t17?,21?,22?,23?,24-,25+,26?,27?,30+/m1/s1. The normalized spacial score (nSPS) is 37.6. The van der Waals surface area contributed by atoms with E-state index in [2.05, 4.69) is 4.90 Å². The maximum atomic E-state index is 13.2. The number of nitrogens with zero attached hydrogens (tertiary/aromatic N) is 2. The van der Waals surface area contributed by atoms with E-state index in [-0.39, 0.29) is 23.7 Å². The Kier molecular flexibility index (Phi) is 7.94. The molecule has 2 saturated carbocycles. The number of benzene rings is 1. The first kappa shape index (κ1) is 28.5. The zero-order chi connectivity index (χ0) is 28.8. The third-order valence-electron chi connectivity index (χ3n) is 9.70. The van der Waals surface area contributed by atoms with E-state index in [0.29, 0.717) is 51.1 Å². The third-order valence-corrected chi connectivity index (χ3v) is 9.70. The molecule has 2 aliphatic carbocycles. The van der Waals surface area contributed by atoms with Gasteiger partial charge in [0, 0.05) is 75.8 Å². The molecule has 2 aliphatic heterocycles. The Labute approximate surface area is 234 Å². The highest BCUT2D eigenvalue weighted by Crippen LogP contribution is 2.59. The van der Waals surface area contributed by atoms with Crippen molar-refractivity contribution in [1.29, 1.82) is 0 Å². The highest BCUT2D eigenvalue weighted by Gasteiger charge is 2.67. The Hall–Kier alpha value is -2.98. The fraction of sp³-hybridized carbons (Fsp3) is 0.667. The van der Waals surface area contributed by atoms with E-state index in [4.69, 9.17) is 14.2 Å². The molecule has 0 radical (unpaired) electrons. The summed E-state index contributed by atoms with van der Waals surface area (Å²) in [7, 11) is 0. The van der Waals surface area contributed by atoms with Crippen LogP contribution in [0.25, 0.3) is 0 Å². The summed E-state index contributed by atoms with van der Waals surface area (Å²) in [5, 5.41) is 12.1. The number of hydrogen-bond acceptors (Lipinski definition) is 9. The van der Waals surface area contributed by atoms with Gasteiger partial charge < -0.3 is 24.2 Å². The van der Waals surface area contributed by atoms with Gasteiger partial charge in [-0.25, -0.2) is 0 Å². The van der Waals surface area contributed by atoms with Crippen molar-refractivity contribution in [1.82, 2.24) is 9.80 Å². The van der Waals surface area contributed by atoms with Crippen LogP contribution in [0.3, 0.4) is 0 Å². The zero-order valence-electron chi connectivity index (χ0n) is 23.7. The molecule has 2 saturated heterocycles. The van der Waals surface area contributed by atoms with Crippen LogP contribution in [-0.2, 0) is 28.6 Å². The topological polar surface area (TPSA) is 123 Å². The second-order valence-electron chi connectivity index (χ2n) is 12.1. The molecule has 9 atom stereocenters. The smallest absolute Gasteiger partial charge is 0.311 e. The molecular formula is C30H40N2O8. The van der Waals surface area contributed by atoms with Gasteiger partial charge in [-0.1, -0.05) is 32.0 Å². The van der Waals surface area contributed by atoms with Crippen molar-refractivity contribution in [3.8, 4) is 0 Å². The SMILES string of the molecule is CC(=O)OC1C[C@@H](OC(C)=O)[C@@]2(C)C1C(C)CC1OC(=O)C(CN3CCN(C(=O)c4ccccc4)CC3)[C@@H]1C2O. The number of esters is 3. The Bertz CT molecular complexity index is 1140. The van der Waals surface area contributed by atoms with Gasteiger partial charge in [-0.3, -0.25) is 24.1 Å². The van der Waals surface area contributed by atoms with Gasteiger partial charge in [0.05, 0.1) is 12.0 Å². The summed E-state index contributed by atoms with van der Waals surface area (Å²) in [6.07, 6.45) is -1.86. The average Bonchev–Trinajstić information content (AvgIpc) is 3.33. The molecule has 10 nitrogen and oxygen atoms in total. The Balaban J connectivity index is 1.34. The van der Waals surface area contributed by atoms with E-state index >= 15 is 0 Å². The molecule has 4 aliphatic rings. The fourth-order valence-corrected chi connectivity index (χ4v) is 7.96. The van der Waals surface area contributed by atoms with Gasteiger partial charge in [-0.2, -0.15) is 0 Å². The lowest BCUT2D eigenvalue weighted by molar-refractivity contribution is -0.165. The first-order valence-corrected chi connectivity index (χ1v) is 14.3. The summed E-state index contributed by atoms with van der Waals surface area (Å²) in [4.78, 5) is 54.1. The molecule has 5 rings (SSSR count). The minimum Gasteiger partial charge on any atom is -0.462 e. The van der Waals surface area contributed by atoms with Gasteiger partial charge >= 0.3 is 17.9 Å². The summed E-state index contributed by atoms with van der Waals surface area (Å²) in [5.41, 5.74) is -0.278. The minimum atomic E-state index is -1.02. The lowest BCUT2D eigenvalue weighted by Gasteiger charge is -2.43. The molecule has 2 heterocycles. The van der Waals surface area contributed by atoms with Crippen molar-refractivity contribution in [2.24, 2.45) is 29.1 Å². The second-order valence-corrected chi connectivity index (χ2v) is 12.1. The van der Waals surface area contributed by atoms with E-state index in [1.165, 1.54) is 13.8 Å². The molecule has 218 valence electrons. The minimum absolute atomic E-state index is 0.00665. The van der Waals surface area contributed by atoms with Crippen molar-refractivity contribution in [3.63, 3.8) is 0 Å². The molecule has 1 aromatic carbocycles. The number of aliphatic hydroxyl groups excluding tert-OH is 1. The van der Waals surface area contributed by atoms with Gasteiger partial charge in [0.25, 0.3) is 5.91 Å². The zero-order valence-corrected chi connectivity index (χ0v) is 23.7. The summed E-state index contributed by atoms with van der Waals surface area (Å²) in [6.45, 7) is 9.32. The number of ether oxygens (including phenoxy) is 3. The number of carbonyl (C=O) groups excluding carboxylic acids is 4.